The Labute approximate surface area is 205 Å². The molecule has 172 valence electrons. The Hall–Kier alpha value is -3.71. The first-order valence-electron chi connectivity index (χ1n) is 11.3. The third-order valence-electron chi connectivity index (χ3n) is 6.44. The number of aryl methyl sites for hydroxylation is 1. The molecule has 6 nitrogen and oxygen atoms in total. The standard InChI is InChI=1S/C27H27N5OS/c1-18-15-23(19(2)31(18)17-20-7-6-13-28-16-20)26-25(24-8-4-5-14-29-24)30-27(34)32(26)21-9-11-22(33-3)12-10-21/h4-16,25-26H,17H2,1-3H3,(H,30,34)/t25-,26+/m0/s1. The Morgan fingerprint density at radius 3 is 2.53 bits per heavy atom. The van der Waals surface area contributed by atoms with E-state index in [4.69, 9.17) is 17.0 Å². The number of nitrogens with one attached hydrogen (secondary N) is 1. The third-order valence-corrected chi connectivity index (χ3v) is 6.76. The van der Waals surface area contributed by atoms with Crippen LogP contribution in [0.1, 0.15) is 40.3 Å². The molecule has 0 unspecified atom stereocenters. The van der Waals surface area contributed by atoms with E-state index in [0.717, 1.165) is 23.7 Å². The molecule has 1 aliphatic heterocycles. The van der Waals surface area contributed by atoms with E-state index in [1.165, 1.54) is 22.5 Å². The summed E-state index contributed by atoms with van der Waals surface area (Å²) in [7, 11) is 1.67. The highest BCUT2D eigenvalue weighted by atomic mass is 32.1. The number of benzene rings is 1. The second kappa shape index (κ2) is 9.27. The lowest BCUT2D eigenvalue weighted by Gasteiger charge is -2.28. The number of methoxy groups -OCH3 is 1. The summed E-state index contributed by atoms with van der Waals surface area (Å²) in [5.74, 6) is 0.814. The molecule has 0 amide bonds. The van der Waals surface area contributed by atoms with Gasteiger partial charge >= 0.3 is 0 Å². The number of thiocarbonyl (C=S) groups is 1. The van der Waals surface area contributed by atoms with Crippen molar-refractivity contribution in [2.75, 3.05) is 12.0 Å². The van der Waals surface area contributed by atoms with Crippen LogP contribution in [0.3, 0.4) is 0 Å². The van der Waals surface area contributed by atoms with Gasteiger partial charge in [0.2, 0.25) is 0 Å². The summed E-state index contributed by atoms with van der Waals surface area (Å²) in [5.41, 5.74) is 6.77. The van der Waals surface area contributed by atoms with E-state index in [2.05, 4.69) is 68.9 Å². The van der Waals surface area contributed by atoms with Crippen LogP contribution in [0, 0.1) is 13.8 Å². The van der Waals surface area contributed by atoms with Gasteiger partial charge in [-0.1, -0.05) is 12.1 Å². The molecule has 7 heteroatoms. The van der Waals surface area contributed by atoms with Crippen molar-refractivity contribution < 1.29 is 4.74 Å². The van der Waals surface area contributed by atoms with Gasteiger partial charge in [0, 0.05) is 42.2 Å². The fourth-order valence-electron chi connectivity index (χ4n) is 4.74. The Bertz CT molecular complexity index is 1290. The van der Waals surface area contributed by atoms with Gasteiger partial charge in [0.05, 0.1) is 24.9 Å². The molecule has 4 aromatic rings. The molecule has 34 heavy (non-hydrogen) atoms. The summed E-state index contributed by atoms with van der Waals surface area (Å²) in [6.45, 7) is 5.11. The van der Waals surface area contributed by atoms with Crippen molar-refractivity contribution in [3.05, 3.63) is 107 Å². The monoisotopic (exact) mass is 469 g/mol. The third kappa shape index (κ3) is 4.03. The molecule has 1 aliphatic rings. The van der Waals surface area contributed by atoms with E-state index >= 15 is 0 Å². The molecule has 0 spiro atoms. The van der Waals surface area contributed by atoms with Gasteiger partial charge in [-0.3, -0.25) is 9.97 Å². The fourth-order valence-corrected chi connectivity index (χ4v) is 5.08. The zero-order chi connectivity index (χ0) is 23.7. The Morgan fingerprint density at radius 2 is 1.85 bits per heavy atom. The van der Waals surface area contributed by atoms with Crippen LogP contribution in [0.4, 0.5) is 5.69 Å². The average molecular weight is 470 g/mol. The Balaban J connectivity index is 1.61. The molecule has 2 atom stereocenters. The average Bonchev–Trinajstić information content (AvgIpc) is 3.36. The quantitative estimate of drug-likeness (QED) is 0.395. The van der Waals surface area contributed by atoms with Crippen molar-refractivity contribution in [2.45, 2.75) is 32.5 Å². The molecular formula is C27H27N5OS. The van der Waals surface area contributed by atoms with Gasteiger partial charge in [-0.15, -0.1) is 0 Å². The smallest absolute Gasteiger partial charge is 0.174 e. The highest BCUT2D eigenvalue weighted by Gasteiger charge is 2.42. The van der Waals surface area contributed by atoms with Gasteiger partial charge in [-0.25, -0.2) is 0 Å². The summed E-state index contributed by atoms with van der Waals surface area (Å²) in [4.78, 5) is 11.2. The van der Waals surface area contributed by atoms with E-state index in [1.54, 1.807) is 13.3 Å². The summed E-state index contributed by atoms with van der Waals surface area (Å²) in [6, 6.07) is 20.3. The maximum atomic E-state index is 5.87. The van der Waals surface area contributed by atoms with Crippen molar-refractivity contribution in [2.24, 2.45) is 0 Å². The summed E-state index contributed by atoms with van der Waals surface area (Å²) < 4.78 is 7.71. The summed E-state index contributed by atoms with van der Waals surface area (Å²) in [6.07, 6.45) is 5.56. The first-order chi connectivity index (χ1) is 16.6. The van der Waals surface area contributed by atoms with Crippen molar-refractivity contribution in [1.82, 2.24) is 19.9 Å². The molecule has 1 N–H and O–H groups in total. The van der Waals surface area contributed by atoms with Crippen molar-refractivity contribution in [1.29, 1.82) is 0 Å². The molecule has 0 saturated carbocycles. The van der Waals surface area contributed by atoms with Crippen LogP contribution >= 0.6 is 12.2 Å². The lowest BCUT2D eigenvalue weighted by molar-refractivity contribution is 0.415. The zero-order valence-corrected chi connectivity index (χ0v) is 20.3. The maximum Gasteiger partial charge on any atom is 0.174 e. The van der Waals surface area contributed by atoms with E-state index < -0.39 is 0 Å². The Kier molecular flexibility index (Phi) is 6.02. The number of hydrogen-bond acceptors (Lipinski definition) is 4. The molecule has 5 rings (SSSR count). The summed E-state index contributed by atoms with van der Waals surface area (Å²) >= 11 is 5.87. The van der Waals surface area contributed by atoms with Crippen LogP contribution in [0.25, 0.3) is 0 Å². The van der Waals surface area contributed by atoms with Crippen molar-refractivity contribution in [3.8, 4) is 5.75 Å². The normalized spacial score (nSPS) is 17.6. The number of pyridine rings is 2. The van der Waals surface area contributed by atoms with Crippen LogP contribution in [-0.4, -0.2) is 26.8 Å². The van der Waals surface area contributed by atoms with Crippen LogP contribution < -0.4 is 15.0 Å². The highest BCUT2D eigenvalue weighted by molar-refractivity contribution is 7.80. The minimum Gasteiger partial charge on any atom is -0.497 e. The number of nitrogens with zero attached hydrogens (tertiary/aromatic N) is 4. The number of aromatic nitrogens is 3. The van der Waals surface area contributed by atoms with Gasteiger partial charge in [-0.2, -0.15) is 0 Å². The summed E-state index contributed by atoms with van der Waals surface area (Å²) in [5, 5.41) is 4.23. The van der Waals surface area contributed by atoms with Crippen LogP contribution in [0.2, 0.25) is 0 Å². The molecule has 0 aliphatic carbocycles. The molecule has 4 heterocycles. The van der Waals surface area contributed by atoms with Gasteiger partial charge in [0.15, 0.2) is 5.11 Å². The molecular weight excluding hydrogens is 442 g/mol. The van der Waals surface area contributed by atoms with Gasteiger partial charge < -0.3 is 19.5 Å². The van der Waals surface area contributed by atoms with E-state index in [0.29, 0.717) is 5.11 Å². The van der Waals surface area contributed by atoms with Gasteiger partial charge in [0.1, 0.15) is 5.75 Å². The van der Waals surface area contributed by atoms with Crippen molar-refractivity contribution >= 4 is 23.0 Å². The lowest BCUT2D eigenvalue weighted by Crippen LogP contribution is -2.29. The topological polar surface area (TPSA) is 55.2 Å². The van der Waals surface area contributed by atoms with E-state index in [9.17, 15) is 0 Å². The molecule has 0 bridgehead atoms. The van der Waals surface area contributed by atoms with Crippen LogP contribution in [0.5, 0.6) is 5.75 Å². The first-order valence-corrected chi connectivity index (χ1v) is 11.7. The zero-order valence-electron chi connectivity index (χ0n) is 19.5. The first kappa shape index (κ1) is 22.1. The number of ether oxygens (including phenoxy) is 1. The predicted octanol–water partition coefficient (Wildman–Crippen LogP) is 5.13. The fraction of sp³-hybridized carbons (Fsp3) is 0.222. The van der Waals surface area contributed by atoms with Crippen LogP contribution in [0.15, 0.2) is 79.3 Å². The second-order valence-corrected chi connectivity index (χ2v) is 8.86. The SMILES string of the molecule is COc1ccc(N2C(=S)N[C@@H](c3ccccn3)[C@H]2c2cc(C)n(Cc3cccnc3)c2C)cc1. The largest absolute Gasteiger partial charge is 0.497 e. The minimum atomic E-state index is -0.0804. The Morgan fingerprint density at radius 1 is 1.03 bits per heavy atom. The molecule has 1 aromatic carbocycles. The predicted molar refractivity (Wildman–Crippen MR) is 138 cm³/mol. The maximum absolute atomic E-state index is 5.87. The lowest BCUT2D eigenvalue weighted by atomic mass is 9.96. The number of anilines is 1. The minimum absolute atomic E-state index is 0.0513. The van der Waals surface area contributed by atoms with Crippen LogP contribution in [-0.2, 0) is 6.54 Å². The molecule has 1 fully saturated rings. The number of rotatable bonds is 6. The van der Waals surface area contributed by atoms with E-state index in [1.807, 2.05) is 42.7 Å². The van der Waals surface area contributed by atoms with Gasteiger partial charge in [0.25, 0.3) is 0 Å². The molecule has 0 radical (unpaired) electrons. The van der Waals surface area contributed by atoms with Crippen molar-refractivity contribution in [3.63, 3.8) is 0 Å². The van der Waals surface area contributed by atoms with E-state index in [-0.39, 0.29) is 12.1 Å². The molecule has 1 saturated heterocycles. The van der Waals surface area contributed by atoms with Gasteiger partial charge in [-0.05, 0) is 85.7 Å². The number of hydrogen-bond donors (Lipinski definition) is 1. The second-order valence-electron chi connectivity index (χ2n) is 8.47. The highest BCUT2D eigenvalue weighted by Crippen LogP contribution is 2.43. The molecule has 3 aromatic heterocycles.